The summed E-state index contributed by atoms with van der Waals surface area (Å²) in [5.74, 6) is 0.504. The first-order valence-electron chi connectivity index (χ1n) is 4.35. The predicted octanol–water partition coefficient (Wildman–Crippen LogP) is 2.46. The average Bonchev–Trinajstić information content (AvgIpc) is 2.24. The van der Waals surface area contributed by atoms with Gasteiger partial charge in [0.15, 0.2) is 0 Å². The van der Waals surface area contributed by atoms with Crippen molar-refractivity contribution in [2.45, 2.75) is 0 Å². The smallest absolute Gasteiger partial charge is 0.227 e. The summed E-state index contributed by atoms with van der Waals surface area (Å²) in [4.78, 5) is 8.05. The van der Waals surface area contributed by atoms with Crippen molar-refractivity contribution in [3.63, 3.8) is 0 Å². The van der Waals surface area contributed by atoms with Gasteiger partial charge in [0, 0.05) is 18.1 Å². The topological polar surface area (TPSA) is 63.8 Å². The van der Waals surface area contributed by atoms with Gasteiger partial charge in [0.2, 0.25) is 5.95 Å². The van der Waals surface area contributed by atoms with Crippen molar-refractivity contribution in [1.82, 2.24) is 9.97 Å². The molecule has 0 unspecified atom stereocenters. The Kier molecular flexibility index (Phi) is 2.69. The fraction of sp³-hybridized carbons (Fsp3) is 0. The Labute approximate surface area is 92.1 Å². The number of nitrogens with zero attached hydrogens (tertiary/aromatic N) is 2. The van der Waals surface area contributed by atoms with Crippen LogP contribution < -0.4 is 11.1 Å². The third kappa shape index (κ3) is 2.35. The van der Waals surface area contributed by atoms with Crippen molar-refractivity contribution >= 4 is 28.9 Å². The summed E-state index contributed by atoms with van der Waals surface area (Å²) in [6.07, 6.45) is 3.31. The molecule has 0 fully saturated rings. The van der Waals surface area contributed by atoms with Gasteiger partial charge < -0.3 is 11.1 Å². The van der Waals surface area contributed by atoms with Crippen LogP contribution in [0.15, 0.2) is 36.7 Å². The van der Waals surface area contributed by atoms with Crippen LogP contribution in [0.4, 0.5) is 17.3 Å². The molecule has 0 bridgehead atoms. The first kappa shape index (κ1) is 9.73. The minimum atomic E-state index is 0.504. The standard InChI is InChI=1S/C10H9ClN4/c11-8-6-7(12)2-3-9(8)15-10-13-4-1-5-14-10/h1-6H,12H2,(H,13,14,15). The van der Waals surface area contributed by atoms with Gasteiger partial charge in [-0.05, 0) is 24.3 Å². The number of rotatable bonds is 2. The summed E-state index contributed by atoms with van der Waals surface area (Å²) in [7, 11) is 0. The number of benzene rings is 1. The van der Waals surface area contributed by atoms with Crippen molar-refractivity contribution in [2.75, 3.05) is 11.1 Å². The maximum absolute atomic E-state index is 5.98. The number of aromatic nitrogens is 2. The Morgan fingerprint density at radius 3 is 2.60 bits per heavy atom. The second kappa shape index (κ2) is 4.14. The number of nitrogen functional groups attached to an aromatic ring is 1. The SMILES string of the molecule is Nc1ccc(Nc2ncccn2)c(Cl)c1. The van der Waals surface area contributed by atoms with Crippen LogP contribution in [0.5, 0.6) is 0 Å². The molecule has 0 spiro atoms. The van der Waals surface area contributed by atoms with Crippen LogP contribution in [0.1, 0.15) is 0 Å². The zero-order valence-corrected chi connectivity index (χ0v) is 8.57. The third-order valence-corrected chi connectivity index (χ3v) is 2.12. The molecule has 1 aromatic heterocycles. The lowest BCUT2D eigenvalue weighted by Gasteiger charge is -2.06. The van der Waals surface area contributed by atoms with Gasteiger partial charge >= 0.3 is 0 Å². The molecule has 4 nitrogen and oxygen atoms in total. The Morgan fingerprint density at radius 1 is 1.20 bits per heavy atom. The van der Waals surface area contributed by atoms with Gasteiger partial charge in [0.05, 0.1) is 10.7 Å². The maximum Gasteiger partial charge on any atom is 0.227 e. The number of hydrogen-bond acceptors (Lipinski definition) is 4. The van der Waals surface area contributed by atoms with E-state index in [0.29, 0.717) is 16.7 Å². The minimum Gasteiger partial charge on any atom is -0.399 e. The van der Waals surface area contributed by atoms with Crippen LogP contribution in [-0.2, 0) is 0 Å². The zero-order chi connectivity index (χ0) is 10.7. The first-order chi connectivity index (χ1) is 7.25. The Hall–Kier alpha value is -1.81. The number of hydrogen-bond donors (Lipinski definition) is 2. The third-order valence-electron chi connectivity index (χ3n) is 1.81. The van der Waals surface area contributed by atoms with E-state index in [-0.39, 0.29) is 0 Å². The summed E-state index contributed by atoms with van der Waals surface area (Å²) in [5.41, 5.74) is 6.94. The quantitative estimate of drug-likeness (QED) is 0.764. The highest BCUT2D eigenvalue weighted by atomic mass is 35.5. The van der Waals surface area contributed by atoms with Crippen LogP contribution >= 0.6 is 11.6 Å². The van der Waals surface area contributed by atoms with E-state index < -0.39 is 0 Å². The highest BCUT2D eigenvalue weighted by Crippen LogP contribution is 2.25. The largest absolute Gasteiger partial charge is 0.399 e. The minimum absolute atomic E-state index is 0.504. The fourth-order valence-electron chi connectivity index (χ4n) is 1.12. The number of anilines is 3. The van der Waals surface area contributed by atoms with Gasteiger partial charge in [-0.15, -0.1) is 0 Å². The molecule has 0 amide bonds. The number of halogens is 1. The molecule has 0 aliphatic heterocycles. The summed E-state index contributed by atoms with van der Waals surface area (Å²) < 4.78 is 0. The van der Waals surface area contributed by atoms with E-state index in [1.54, 1.807) is 36.7 Å². The lowest BCUT2D eigenvalue weighted by atomic mass is 10.3. The molecule has 0 aliphatic carbocycles. The second-order valence-electron chi connectivity index (χ2n) is 2.94. The number of nitrogens with one attached hydrogen (secondary N) is 1. The van der Waals surface area contributed by atoms with Crippen molar-refractivity contribution in [2.24, 2.45) is 0 Å². The van der Waals surface area contributed by atoms with E-state index in [4.69, 9.17) is 17.3 Å². The molecule has 2 rings (SSSR count). The van der Waals surface area contributed by atoms with Crippen LogP contribution in [-0.4, -0.2) is 9.97 Å². The summed E-state index contributed by atoms with van der Waals surface area (Å²) in [5, 5.41) is 3.53. The van der Waals surface area contributed by atoms with Crippen LogP contribution in [0, 0.1) is 0 Å². The van der Waals surface area contributed by atoms with Gasteiger partial charge in [0.25, 0.3) is 0 Å². The molecule has 0 radical (unpaired) electrons. The van der Waals surface area contributed by atoms with Crippen molar-refractivity contribution in [3.8, 4) is 0 Å². The van der Waals surface area contributed by atoms with Crippen molar-refractivity contribution in [3.05, 3.63) is 41.7 Å². The van der Waals surface area contributed by atoms with E-state index in [1.807, 2.05) is 0 Å². The molecular weight excluding hydrogens is 212 g/mol. The van der Waals surface area contributed by atoms with E-state index in [1.165, 1.54) is 0 Å². The zero-order valence-electron chi connectivity index (χ0n) is 7.81. The van der Waals surface area contributed by atoms with Gasteiger partial charge in [-0.2, -0.15) is 0 Å². The van der Waals surface area contributed by atoms with Crippen LogP contribution in [0.3, 0.4) is 0 Å². The highest BCUT2D eigenvalue weighted by Gasteiger charge is 2.01. The maximum atomic E-state index is 5.98. The normalized spacial score (nSPS) is 9.93. The second-order valence-corrected chi connectivity index (χ2v) is 3.34. The summed E-state index contributed by atoms with van der Waals surface area (Å²) in [6.45, 7) is 0. The molecule has 0 saturated carbocycles. The van der Waals surface area contributed by atoms with Gasteiger partial charge in [-0.3, -0.25) is 0 Å². The van der Waals surface area contributed by atoms with Gasteiger partial charge in [0.1, 0.15) is 0 Å². The van der Waals surface area contributed by atoms with Crippen molar-refractivity contribution < 1.29 is 0 Å². The summed E-state index contributed by atoms with van der Waals surface area (Å²) >= 11 is 5.98. The van der Waals surface area contributed by atoms with E-state index >= 15 is 0 Å². The van der Waals surface area contributed by atoms with Gasteiger partial charge in [-0.25, -0.2) is 9.97 Å². The van der Waals surface area contributed by atoms with E-state index in [9.17, 15) is 0 Å². The van der Waals surface area contributed by atoms with E-state index in [0.717, 1.165) is 5.69 Å². The molecule has 5 heteroatoms. The van der Waals surface area contributed by atoms with Crippen LogP contribution in [0.25, 0.3) is 0 Å². The molecule has 1 aromatic carbocycles. The Bertz CT molecular complexity index is 458. The lowest BCUT2D eigenvalue weighted by Crippen LogP contribution is -1.96. The molecule has 1 heterocycles. The average molecular weight is 221 g/mol. The molecule has 2 aromatic rings. The molecule has 76 valence electrons. The number of nitrogens with two attached hydrogens (primary N) is 1. The predicted molar refractivity (Wildman–Crippen MR) is 61.2 cm³/mol. The molecular formula is C10H9ClN4. The fourth-order valence-corrected chi connectivity index (χ4v) is 1.35. The Balaban J connectivity index is 2.25. The van der Waals surface area contributed by atoms with Crippen molar-refractivity contribution in [1.29, 1.82) is 0 Å². The lowest BCUT2D eigenvalue weighted by molar-refractivity contribution is 1.17. The summed E-state index contributed by atoms with van der Waals surface area (Å²) in [6, 6.07) is 6.97. The van der Waals surface area contributed by atoms with E-state index in [2.05, 4.69) is 15.3 Å². The van der Waals surface area contributed by atoms with Crippen LogP contribution in [0.2, 0.25) is 5.02 Å². The monoisotopic (exact) mass is 220 g/mol. The molecule has 3 N–H and O–H groups in total. The van der Waals surface area contributed by atoms with Gasteiger partial charge in [-0.1, -0.05) is 11.6 Å². The molecule has 15 heavy (non-hydrogen) atoms. The Morgan fingerprint density at radius 2 is 1.93 bits per heavy atom. The molecule has 0 aliphatic rings. The highest BCUT2D eigenvalue weighted by molar-refractivity contribution is 6.33. The first-order valence-corrected chi connectivity index (χ1v) is 4.72. The molecule has 0 saturated heterocycles. The molecule has 0 atom stereocenters.